The third kappa shape index (κ3) is 3.43. The summed E-state index contributed by atoms with van der Waals surface area (Å²) in [6.07, 6.45) is 4.85. The number of ether oxygens (including phenoxy) is 1. The number of imidazole rings is 1. The van der Waals surface area contributed by atoms with Crippen molar-refractivity contribution < 1.29 is 14.2 Å². The van der Waals surface area contributed by atoms with E-state index in [0.29, 0.717) is 36.3 Å². The average molecular weight is 366 g/mol. The van der Waals surface area contributed by atoms with Gasteiger partial charge in [-0.3, -0.25) is 0 Å². The minimum absolute atomic E-state index is 0.198. The van der Waals surface area contributed by atoms with Gasteiger partial charge in [-0.05, 0) is 32.8 Å². The molecule has 25 heavy (non-hydrogen) atoms. The summed E-state index contributed by atoms with van der Waals surface area (Å²) in [5, 5.41) is 10.6. The molecule has 0 aliphatic heterocycles. The molecule has 0 aromatic carbocycles. The predicted molar refractivity (Wildman–Crippen MR) is 94.3 cm³/mol. The van der Waals surface area contributed by atoms with Gasteiger partial charge in [0.2, 0.25) is 0 Å². The van der Waals surface area contributed by atoms with Crippen LogP contribution in [-0.4, -0.2) is 37.5 Å². The third-order valence-electron chi connectivity index (χ3n) is 4.42. The second-order valence-corrected chi connectivity index (χ2v) is 7.83. The molecule has 0 amide bonds. The van der Waals surface area contributed by atoms with E-state index in [-0.39, 0.29) is 11.6 Å². The number of halogens is 2. The maximum Gasteiger partial charge on any atom is 0.157 e. The fraction of sp³-hybridized carbons (Fsp3) is 0.556. The minimum Gasteiger partial charge on any atom is -0.389 e. The van der Waals surface area contributed by atoms with Crippen LogP contribution in [0.4, 0.5) is 4.39 Å². The van der Waals surface area contributed by atoms with Gasteiger partial charge in [0.1, 0.15) is 24.1 Å². The number of aliphatic hydroxyl groups is 1. The summed E-state index contributed by atoms with van der Waals surface area (Å²) < 4.78 is 21.5. The van der Waals surface area contributed by atoms with Gasteiger partial charge < -0.3 is 14.4 Å². The number of hydrogen-bond donors (Lipinski definition) is 1. The van der Waals surface area contributed by atoms with Gasteiger partial charge >= 0.3 is 0 Å². The molecule has 7 heteroatoms. The fourth-order valence-corrected chi connectivity index (χ4v) is 3.40. The lowest BCUT2D eigenvalue weighted by Crippen LogP contribution is -2.27. The Balaban J connectivity index is 1.88. The number of hydrogen-bond acceptors (Lipinski definition) is 4. The first-order valence-corrected chi connectivity index (χ1v) is 8.93. The van der Waals surface area contributed by atoms with Crippen molar-refractivity contribution in [3.05, 3.63) is 28.3 Å². The first-order chi connectivity index (χ1) is 11.8. The van der Waals surface area contributed by atoms with Crippen LogP contribution in [0.3, 0.4) is 0 Å². The molecule has 1 fully saturated rings. The summed E-state index contributed by atoms with van der Waals surface area (Å²) in [7, 11) is 0. The van der Waals surface area contributed by atoms with Crippen molar-refractivity contribution in [2.24, 2.45) is 0 Å². The molecule has 0 spiro atoms. The van der Waals surface area contributed by atoms with Gasteiger partial charge in [0.15, 0.2) is 5.15 Å². The maximum absolute atomic E-state index is 13.7. The highest BCUT2D eigenvalue weighted by atomic mass is 35.5. The predicted octanol–water partition coefficient (Wildman–Crippen LogP) is 3.44. The number of aromatic nitrogens is 3. The first-order valence-electron chi connectivity index (χ1n) is 8.55. The largest absolute Gasteiger partial charge is 0.389 e. The summed E-state index contributed by atoms with van der Waals surface area (Å²) in [5.74, 6) is 0.705. The van der Waals surface area contributed by atoms with Gasteiger partial charge in [-0.15, -0.1) is 0 Å². The normalized spacial score (nSPS) is 20.3. The highest BCUT2D eigenvalue weighted by Gasteiger charge is 2.28. The van der Waals surface area contributed by atoms with Crippen LogP contribution in [0.1, 0.15) is 43.8 Å². The number of nitrogens with zero attached hydrogens (tertiary/aromatic N) is 3. The Labute approximate surface area is 150 Å². The molecule has 0 bridgehead atoms. The number of allylic oxidation sites excluding steroid dienone is 1. The van der Waals surface area contributed by atoms with E-state index in [9.17, 15) is 9.50 Å². The summed E-state index contributed by atoms with van der Waals surface area (Å²) in [6, 6.07) is 0. The second-order valence-electron chi connectivity index (χ2n) is 7.48. The summed E-state index contributed by atoms with van der Waals surface area (Å²) in [5.41, 5.74) is 1.86. The third-order valence-corrected chi connectivity index (χ3v) is 4.68. The SMILES string of the molecule is CC(C)(O)Cn1c(COC2CC2)nc2c(Cl)nc3c(c21)C=CC(F)C3. The average Bonchev–Trinajstić information content (AvgIpc) is 3.27. The standard InChI is InChI=1S/C18H21ClFN3O2/c1-18(2,24)9-23-14(8-25-11-4-5-11)22-15-16(23)12-6-3-10(20)7-13(12)21-17(15)19/h3,6,10-11,24H,4-5,7-9H2,1-2H3. The van der Waals surface area contributed by atoms with Crippen LogP contribution in [-0.2, 0) is 24.3 Å². The van der Waals surface area contributed by atoms with Crippen molar-refractivity contribution in [1.82, 2.24) is 14.5 Å². The van der Waals surface area contributed by atoms with Gasteiger partial charge in [0.05, 0.1) is 29.5 Å². The molecule has 1 unspecified atom stereocenters. The van der Waals surface area contributed by atoms with Crippen LogP contribution in [0.5, 0.6) is 0 Å². The maximum atomic E-state index is 13.7. The van der Waals surface area contributed by atoms with Crippen molar-refractivity contribution in [2.75, 3.05) is 0 Å². The van der Waals surface area contributed by atoms with E-state index in [1.165, 1.54) is 6.08 Å². The minimum atomic E-state index is -1.06. The topological polar surface area (TPSA) is 60.2 Å². The number of rotatable bonds is 5. The quantitative estimate of drug-likeness (QED) is 0.824. The molecule has 2 aliphatic carbocycles. The molecule has 0 saturated heterocycles. The van der Waals surface area contributed by atoms with Crippen LogP contribution < -0.4 is 0 Å². The van der Waals surface area contributed by atoms with Crippen molar-refractivity contribution in [3.8, 4) is 0 Å². The smallest absolute Gasteiger partial charge is 0.157 e. The summed E-state index contributed by atoms with van der Waals surface area (Å²) in [4.78, 5) is 8.97. The van der Waals surface area contributed by atoms with Gasteiger partial charge in [0.25, 0.3) is 0 Å². The number of alkyl halides is 1. The fourth-order valence-electron chi connectivity index (χ4n) is 3.16. The molecule has 4 rings (SSSR count). The molecule has 1 N–H and O–H groups in total. The van der Waals surface area contributed by atoms with E-state index in [2.05, 4.69) is 9.97 Å². The Morgan fingerprint density at radius 2 is 2.16 bits per heavy atom. The molecule has 2 heterocycles. The molecule has 0 radical (unpaired) electrons. The Kier molecular flexibility index (Phi) is 4.09. The number of fused-ring (bicyclic) bond motifs is 3. The molecule has 134 valence electrons. The van der Waals surface area contributed by atoms with Crippen LogP contribution in [0.2, 0.25) is 5.15 Å². The molecule has 2 aromatic heterocycles. The molecule has 1 saturated carbocycles. The van der Waals surface area contributed by atoms with Crippen LogP contribution in [0, 0.1) is 0 Å². The molecule has 2 aromatic rings. The van der Waals surface area contributed by atoms with Crippen molar-refractivity contribution in [3.63, 3.8) is 0 Å². The lowest BCUT2D eigenvalue weighted by molar-refractivity contribution is 0.0561. The highest BCUT2D eigenvalue weighted by Crippen LogP contribution is 2.34. The molecule has 1 atom stereocenters. The van der Waals surface area contributed by atoms with E-state index in [1.54, 1.807) is 19.9 Å². The Morgan fingerprint density at radius 1 is 1.40 bits per heavy atom. The van der Waals surface area contributed by atoms with Crippen LogP contribution >= 0.6 is 11.6 Å². The van der Waals surface area contributed by atoms with E-state index in [1.807, 2.05) is 4.57 Å². The number of pyridine rings is 1. The molecule has 5 nitrogen and oxygen atoms in total. The molecule has 2 aliphatic rings. The van der Waals surface area contributed by atoms with Gasteiger partial charge in [-0.25, -0.2) is 14.4 Å². The van der Waals surface area contributed by atoms with Crippen LogP contribution in [0.15, 0.2) is 6.08 Å². The van der Waals surface area contributed by atoms with Gasteiger partial charge in [-0.2, -0.15) is 0 Å². The Bertz CT molecular complexity index is 852. The highest BCUT2D eigenvalue weighted by molar-refractivity contribution is 6.34. The van der Waals surface area contributed by atoms with E-state index in [0.717, 1.165) is 23.9 Å². The van der Waals surface area contributed by atoms with Gasteiger partial charge in [-0.1, -0.05) is 17.7 Å². The van der Waals surface area contributed by atoms with Crippen molar-refractivity contribution in [1.29, 1.82) is 0 Å². The summed E-state index contributed by atoms with van der Waals surface area (Å²) >= 11 is 6.34. The van der Waals surface area contributed by atoms with Crippen molar-refractivity contribution in [2.45, 2.75) is 64.1 Å². The lowest BCUT2D eigenvalue weighted by atomic mass is 10.00. The zero-order valence-electron chi connectivity index (χ0n) is 14.3. The van der Waals surface area contributed by atoms with E-state index < -0.39 is 11.8 Å². The molecular formula is C18H21ClFN3O2. The van der Waals surface area contributed by atoms with Gasteiger partial charge in [0, 0.05) is 12.0 Å². The summed E-state index contributed by atoms with van der Waals surface area (Å²) in [6.45, 7) is 4.18. The first kappa shape index (κ1) is 16.9. The monoisotopic (exact) mass is 365 g/mol. The zero-order chi connectivity index (χ0) is 17.8. The van der Waals surface area contributed by atoms with Crippen molar-refractivity contribution >= 4 is 28.7 Å². The second kappa shape index (κ2) is 6.04. The van der Waals surface area contributed by atoms with Crippen LogP contribution in [0.25, 0.3) is 17.1 Å². The van der Waals surface area contributed by atoms with E-state index >= 15 is 0 Å². The Hall–Kier alpha value is -1.50. The Morgan fingerprint density at radius 3 is 2.84 bits per heavy atom. The van der Waals surface area contributed by atoms with E-state index in [4.69, 9.17) is 16.3 Å². The molecular weight excluding hydrogens is 345 g/mol. The zero-order valence-corrected chi connectivity index (χ0v) is 15.1. The lowest BCUT2D eigenvalue weighted by Gasteiger charge is -2.22.